The van der Waals surface area contributed by atoms with Gasteiger partial charge in [0.05, 0.1) is 11.2 Å². The summed E-state index contributed by atoms with van der Waals surface area (Å²) in [5.74, 6) is 1.97. The van der Waals surface area contributed by atoms with Crippen LogP contribution in [0.1, 0.15) is 106 Å². The molecule has 4 unspecified atom stereocenters. The first-order chi connectivity index (χ1) is 17.7. The molecule has 0 spiro atoms. The zero-order chi connectivity index (χ0) is 29.0. The summed E-state index contributed by atoms with van der Waals surface area (Å²) in [7, 11) is -0.423. The van der Waals surface area contributed by atoms with E-state index in [4.69, 9.17) is 17.7 Å². The number of aliphatic hydroxyl groups is 2. The van der Waals surface area contributed by atoms with E-state index in [1.54, 1.807) is 14.2 Å². The van der Waals surface area contributed by atoms with E-state index >= 15 is 0 Å². The predicted molar refractivity (Wildman–Crippen MR) is 163 cm³/mol. The maximum absolute atomic E-state index is 10.7. The first kappa shape index (κ1) is 36.2. The molecule has 2 rings (SSSR count). The topological polar surface area (TPSA) is 77.4 Å². The molecule has 0 saturated heterocycles. The molecule has 0 bridgehead atoms. The average molecular weight is 577 g/mol. The molecular formula is C30H64O6Si2. The Labute approximate surface area is 238 Å². The summed E-state index contributed by atoms with van der Waals surface area (Å²) in [6.45, 7) is 18.4. The summed E-state index contributed by atoms with van der Waals surface area (Å²) < 4.78 is 22.9. The van der Waals surface area contributed by atoms with E-state index in [1.807, 2.05) is 13.8 Å². The summed E-state index contributed by atoms with van der Waals surface area (Å²) in [5.41, 5.74) is -0.890. The molecule has 4 atom stereocenters. The van der Waals surface area contributed by atoms with E-state index < -0.39 is 28.3 Å². The summed E-state index contributed by atoms with van der Waals surface area (Å²) in [4.78, 5) is 0. The Hall–Kier alpha value is 0.194. The highest BCUT2D eigenvalue weighted by molar-refractivity contribution is 6.66. The van der Waals surface area contributed by atoms with Crippen LogP contribution >= 0.6 is 0 Å². The Bertz CT molecular complexity index is 638. The van der Waals surface area contributed by atoms with Gasteiger partial charge in [0.15, 0.2) is 0 Å². The third kappa shape index (κ3) is 11.6. The Balaban J connectivity index is 0.000000382. The fraction of sp³-hybridized carbons (Fsp3) is 1.00. The fourth-order valence-corrected chi connectivity index (χ4v) is 10.4. The maximum Gasteiger partial charge on any atom is 0.334 e. The van der Waals surface area contributed by atoms with Crippen molar-refractivity contribution in [2.45, 2.75) is 142 Å². The van der Waals surface area contributed by atoms with Gasteiger partial charge in [0.2, 0.25) is 0 Å². The molecule has 2 aliphatic carbocycles. The van der Waals surface area contributed by atoms with Crippen LogP contribution in [0.3, 0.4) is 0 Å². The minimum atomic E-state index is -1.99. The van der Waals surface area contributed by atoms with Crippen molar-refractivity contribution in [2.24, 2.45) is 23.7 Å². The van der Waals surface area contributed by atoms with Gasteiger partial charge < -0.3 is 27.9 Å². The Morgan fingerprint density at radius 1 is 0.711 bits per heavy atom. The van der Waals surface area contributed by atoms with E-state index in [9.17, 15) is 10.2 Å². The van der Waals surface area contributed by atoms with Crippen molar-refractivity contribution in [3.8, 4) is 0 Å². The third-order valence-corrected chi connectivity index (χ3v) is 15.6. The number of hydrogen-bond donors (Lipinski definition) is 2. The van der Waals surface area contributed by atoms with E-state index in [-0.39, 0.29) is 0 Å². The molecule has 2 saturated carbocycles. The van der Waals surface area contributed by atoms with E-state index in [2.05, 4.69) is 40.8 Å². The van der Waals surface area contributed by atoms with Gasteiger partial charge in [-0.2, -0.15) is 0 Å². The molecule has 38 heavy (non-hydrogen) atoms. The van der Waals surface area contributed by atoms with Crippen LogP contribution in [-0.4, -0.2) is 66.0 Å². The highest BCUT2D eigenvalue weighted by Gasteiger charge is 2.40. The van der Waals surface area contributed by atoms with Gasteiger partial charge in [-0.25, -0.2) is 0 Å². The smallest absolute Gasteiger partial charge is 0.334 e. The summed E-state index contributed by atoms with van der Waals surface area (Å²) in [6.07, 6.45) is 10.9. The van der Waals surface area contributed by atoms with Crippen molar-refractivity contribution in [1.29, 1.82) is 0 Å². The van der Waals surface area contributed by atoms with Crippen molar-refractivity contribution in [3.63, 3.8) is 0 Å². The van der Waals surface area contributed by atoms with Crippen molar-refractivity contribution < 1.29 is 27.9 Å². The van der Waals surface area contributed by atoms with Gasteiger partial charge in [-0.3, -0.25) is 0 Å². The molecule has 0 radical (unpaired) electrons. The van der Waals surface area contributed by atoms with Crippen LogP contribution in [0.25, 0.3) is 0 Å². The molecule has 2 fully saturated rings. The van der Waals surface area contributed by atoms with Gasteiger partial charge in [0.25, 0.3) is 0 Å². The molecule has 0 aromatic rings. The molecule has 6 nitrogen and oxygen atoms in total. The quantitative estimate of drug-likeness (QED) is 0.210. The lowest BCUT2D eigenvalue weighted by Gasteiger charge is -2.40. The largest absolute Gasteiger partial charge is 0.398 e. The van der Waals surface area contributed by atoms with Crippen molar-refractivity contribution in [2.75, 3.05) is 27.4 Å². The molecule has 2 aliphatic rings. The van der Waals surface area contributed by atoms with E-state index in [0.717, 1.165) is 76.7 Å². The first-order valence-electron chi connectivity index (χ1n) is 15.5. The van der Waals surface area contributed by atoms with Gasteiger partial charge in [-0.1, -0.05) is 53.4 Å². The second-order valence-electron chi connectivity index (χ2n) is 13.1. The molecule has 2 N–H and O–H groups in total. The van der Waals surface area contributed by atoms with Crippen LogP contribution in [0.15, 0.2) is 0 Å². The van der Waals surface area contributed by atoms with Crippen molar-refractivity contribution in [1.82, 2.24) is 0 Å². The van der Waals surface area contributed by atoms with Gasteiger partial charge in [-0.05, 0) is 101 Å². The average Bonchev–Trinajstić information content (AvgIpc) is 2.87. The zero-order valence-electron chi connectivity index (χ0n) is 26.7. The normalized spacial score (nSPS) is 28.9. The van der Waals surface area contributed by atoms with E-state index in [1.165, 1.54) is 12.8 Å². The lowest BCUT2D eigenvalue weighted by molar-refractivity contribution is -0.0549. The van der Waals surface area contributed by atoms with Gasteiger partial charge in [-0.15, -0.1) is 0 Å². The molecule has 0 heterocycles. The number of hydrogen-bond acceptors (Lipinski definition) is 6. The second kappa shape index (κ2) is 16.6. The molecule has 0 aromatic heterocycles. The van der Waals surface area contributed by atoms with Crippen LogP contribution in [0, 0.1) is 23.7 Å². The Kier molecular flexibility index (Phi) is 15.8. The summed E-state index contributed by atoms with van der Waals surface area (Å²) in [6, 6.07) is 2.08. The molecule has 0 aliphatic heterocycles. The van der Waals surface area contributed by atoms with Gasteiger partial charge >= 0.3 is 17.1 Å². The lowest BCUT2D eigenvalue weighted by Crippen LogP contribution is -2.42. The number of rotatable bonds is 14. The van der Waals surface area contributed by atoms with Crippen LogP contribution in [0.5, 0.6) is 0 Å². The second-order valence-corrected chi connectivity index (χ2v) is 20.0. The SMILES string of the molecule is CCO[Si](C)(CCC1CCCC(O)(C(C)C)C1)OCC.CO[Si](C)(CCC1CCCC(O)(C(C)C)C1)OC. The maximum atomic E-state index is 10.7. The minimum Gasteiger partial charge on any atom is -0.398 e. The lowest BCUT2D eigenvalue weighted by atomic mass is 9.72. The van der Waals surface area contributed by atoms with Crippen molar-refractivity contribution >= 4 is 17.1 Å². The molecule has 8 heteroatoms. The van der Waals surface area contributed by atoms with Gasteiger partial charge in [0.1, 0.15) is 0 Å². The Morgan fingerprint density at radius 2 is 1.08 bits per heavy atom. The highest BCUT2D eigenvalue weighted by Crippen LogP contribution is 2.41. The minimum absolute atomic E-state index is 0.354. The van der Waals surface area contributed by atoms with Crippen LogP contribution in [0.4, 0.5) is 0 Å². The van der Waals surface area contributed by atoms with E-state index in [0.29, 0.717) is 23.7 Å². The standard InChI is InChI=1S/C16H34O3Si.C14H30O3Si/c1-6-18-20(5,19-7-2)12-10-15-9-8-11-16(17,13-15)14(3)4;1-12(2)14(15)9-6-7-13(11-14)8-10-18(5,16-3)17-4/h14-15,17H,6-13H2,1-5H3;12-13,15H,6-11H2,1-5H3. The fourth-order valence-electron chi connectivity index (χ4n) is 6.36. The monoisotopic (exact) mass is 576 g/mol. The Morgan fingerprint density at radius 3 is 1.39 bits per heavy atom. The third-order valence-electron chi connectivity index (χ3n) is 9.65. The van der Waals surface area contributed by atoms with Crippen LogP contribution < -0.4 is 0 Å². The molecule has 0 aromatic carbocycles. The summed E-state index contributed by atoms with van der Waals surface area (Å²) in [5, 5.41) is 21.3. The summed E-state index contributed by atoms with van der Waals surface area (Å²) >= 11 is 0. The first-order valence-corrected chi connectivity index (χ1v) is 20.6. The molecular weight excluding hydrogens is 512 g/mol. The van der Waals surface area contributed by atoms with Crippen molar-refractivity contribution in [3.05, 3.63) is 0 Å². The van der Waals surface area contributed by atoms with Gasteiger partial charge in [0, 0.05) is 27.4 Å². The van der Waals surface area contributed by atoms with Crippen LogP contribution in [0.2, 0.25) is 25.2 Å². The predicted octanol–water partition coefficient (Wildman–Crippen LogP) is 7.42. The van der Waals surface area contributed by atoms with Crippen LogP contribution in [-0.2, 0) is 17.7 Å². The zero-order valence-corrected chi connectivity index (χ0v) is 28.7. The highest BCUT2D eigenvalue weighted by atomic mass is 28.4. The molecule has 228 valence electrons. The molecule has 0 amide bonds.